The molecule has 0 unspecified atom stereocenters. The third kappa shape index (κ3) is 4.07. The largest absolute Gasteiger partial charge is 0.364 e. The van der Waals surface area contributed by atoms with E-state index in [2.05, 4.69) is 67.5 Å². The van der Waals surface area contributed by atoms with Crippen LogP contribution in [0, 0.1) is 6.92 Å². The Morgan fingerprint density at radius 2 is 1.90 bits per heavy atom. The number of nitrogens with one attached hydrogen (secondary N) is 2. The van der Waals surface area contributed by atoms with Crippen molar-refractivity contribution in [2.75, 3.05) is 43.4 Å². The van der Waals surface area contributed by atoms with E-state index in [1.165, 1.54) is 5.56 Å². The Kier molecular flexibility index (Phi) is 5.31. The number of aromatic nitrogens is 3. The molecule has 0 spiro atoms. The van der Waals surface area contributed by atoms with Crippen LogP contribution < -0.4 is 15.5 Å². The lowest BCUT2D eigenvalue weighted by molar-refractivity contribution is 0.196. The van der Waals surface area contributed by atoms with Gasteiger partial charge in [0.1, 0.15) is 5.69 Å². The molecule has 9 heteroatoms. The monoisotopic (exact) mass is 427 g/mol. The van der Waals surface area contributed by atoms with Gasteiger partial charge in [0, 0.05) is 44.3 Å². The molecule has 1 aromatic carbocycles. The summed E-state index contributed by atoms with van der Waals surface area (Å²) in [6.07, 6.45) is 0. The zero-order chi connectivity index (χ0) is 21.5. The lowest BCUT2D eigenvalue weighted by Gasteiger charge is -2.33. The number of nitrogens with zero attached hydrogens (tertiary/aromatic N) is 5. The molecule has 160 valence electrons. The topological polar surface area (TPSA) is 77.8 Å². The average Bonchev–Trinajstić information content (AvgIpc) is 3.26. The second-order valence-electron chi connectivity index (χ2n) is 8.66. The first-order valence-electron chi connectivity index (χ1n) is 10.2. The summed E-state index contributed by atoms with van der Waals surface area (Å²) >= 11 is 1.59. The molecule has 4 rings (SSSR count). The number of amides is 2. The van der Waals surface area contributed by atoms with Crippen molar-refractivity contribution >= 4 is 33.3 Å². The number of carbonyl (C=O) groups is 1. The highest BCUT2D eigenvalue weighted by molar-refractivity contribution is 7.20. The Labute approximate surface area is 180 Å². The standard InChI is InChI=1S/C21H29N7OS/c1-14-7-6-8-15(13-14)16-17(24-21(2,3)4)28-19(23-16)30-20(25-28)27-11-9-26(10-12-27)18(29)22-5/h6-8,13,24H,9-12H2,1-5H3,(H,22,29). The molecule has 3 aromatic rings. The van der Waals surface area contributed by atoms with Gasteiger partial charge in [-0.1, -0.05) is 35.1 Å². The summed E-state index contributed by atoms with van der Waals surface area (Å²) in [5.41, 5.74) is 3.08. The summed E-state index contributed by atoms with van der Waals surface area (Å²) in [6.45, 7) is 11.4. The van der Waals surface area contributed by atoms with Crippen LogP contribution in [0.2, 0.25) is 0 Å². The molecule has 30 heavy (non-hydrogen) atoms. The zero-order valence-corrected chi connectivity index (χ0v) is 19.0. The fraction of sp³-hybridized carbons (Fsp3) is 0.476. The van der Waals surface area contributed by atoms with Gasteiger partial charge in [-0.3, -0.25) is 0 Å². The molecule has 1 fully saturated rings. The van der Waals surface area contributed by atoms with Gasteiger partial charge in [0.05, 0.1) is 0 Å². The Bertz CT molecular complexity index is 1060. The van der Waals surface area contributed by atoms with E-state index < -0.39 is 0 Å². The van der Waals surface area contributed by atoms with Crippen LogP contribution in [0.25, 0.3) is 16.2 Å². The molecule has 3 heterocycles. The maximum Gasteiger partial charge on any atom is 0.317 e. The lowest BCUT2D eigenvalue weighted by atomic mass is 10.1. The van der Waals surface area contributed by atoms with Crippen molar-refractivity contribution in [2.45, 2.75) is 33.2 Å². The predicted molar refractivity (Wildman–Crippen MR) is 123 cm³/mol. The van der Waals surface area contributed by atoms with E-state index in [9.17, 15) is 4.79 Å². The first kappa shape index (κ1) is 20.5. The maximum absolute atomic E-state index is 11.8. The number of hydrogen-bond acceptors (Lipinski definition) is 6. The van der Waals surface area contributed by atoms with Crippen LogP contribution in [0.1, 0.15) is 26.3 Å². The second-order valence-corrected chi connectivity index (χ2v) is 9.60. The van der Waals surface area contributed by atoms with Gasteiger partial charge in [0.25, 0.3) is 0 Å². The highest BCUT2D eigenvalue weighted by Crippen LogP contribution is 2.35. The Morgan fingerprint density at radius 1 is 1.17 bits per heavy atom. The van der Waals surface area contributed by atoms with E-state index in [0.29, 0.717) is 13.1 Å². The minimum Gasteiger partial charge on any atom is -0.364 e. The van der Waals surface area contributed by atoms with Gasteiger partial charge in [-0.25, -0.2) is 9.78 Å². The molecule has 1 aliphatic heterocycles. The molecular formula is C21H29N7OS. The molecule has 2 N–H and O–H groups in total. The van der Waals surface area contributed by atoms with Crippen molar-refractivity contribution in [2.24, 2.45) is 0 Å². The first-order valence-corrected chi connectivity index (χ1v) is 11.0. The first-order chi connectivity index (χ1) is 14.2. The third-order valence-electron chi connectivity index (χ3n) is 5.03. The van der Waals surface area contributed by atoms with E-state index in [0.717, 1.165) is 40.3 Å². The van der Waals surface area contributed by atoms with Gasteiger partial charge >= 0.3 is 6.03 Å². The van der Waals surface area contributed by atoms with Crippen molar-refractivity contribution < 1.29 is 4.79 Å². The number of piperazine rings is 1. The molecular weight excluding hydrogens is 398 g/mol. The van der Waals surface area contributed by atoms with E-state index in [1.807, 2.05) is 9.42 Å². The van der Waals surface area contributed by atoms with Gasteiger partial charge in [-0.2, -0.15) is 4.52 Å². The van der Waals surface area contributed by atoms with Gasteiger partial charge in [0.15, 0.2) is 5.82 Å². The number of urea groups is 1. The summed E-state index contributed by atoms with van der Waals surface area (Å²) in [5, 5.41) is 12.1. The van der Waals surface area contributed by atoms with Crippen LogP contribution >= 0.6 is 11.3 Å². The molecule has 0 atom stereocenters. The van der Waals surface area contributed by atoms with Crippen LogP contribution in [0.15, 0.2) is 24.3 Å². The van der Waals surface area contributed by atoms with E-state index >= 15 is 0 Å². The van der Waals surface area contributed by atoms with Crippen molar-refractivity contribution in [3.8, 4) is 11.3 Å². The number of anilines is 2. The molecule has 0 radical (unpaired) electrons. The van der Waals surface area contributed by atoms with E-state index in [4.69, 9.17) is 10.1 Å². The fourth-order valence-corrected chi connectivity index (χ4v) is 4.54. The second kappa shape index (κ2) is 7.79. The molecule has 0 aliphatic carbocycles. The predicted octanol–water partition coefficient (Wildman–Crippen LogP) is 3.44. The highest BCUT2D eigenvalue weighted by Gasteiger charge is 2.26. The molecule has 0 bridgehead atoms. The lowest BCUT2D eigenvalue weighted by Crippen LogP contribution is -2.51. The van der Waals surface area contributed by atoms with Crippen molar-refractivity contribution in [3.63, 3.8) is 0 Å². The molecule has 1 saturated heterocycles. The number of fused-ring (bicyclic) bond motifs is 1. The van der Waals surface area contributed by atoms with Crippen LogP contribution in [-0.4, -0.2) is 64.3 Å². The van der Waals surface area contributed by atoms with Crippen molar-refractivity contribution in [3.05, 3.63) is 29.8 Å². The molecule has 0 saturated carbocycles. The van der Waals surface area contributed by atoms with Gasteiger partial charge in [0.2, 0.25) is 10.1 Å². The number of rotatable bonds is 3. The Balaban J connectivity index is 1.67. The summed E-state index contributed by atoms with van der Waals surface area (Å²) in [7, 11) is 1.67. The number of benzene rings is 1. The van der Waals surface area contributed by atoms with E-state index in [-0.39, 0.29) is 11.6 Å². The third-order valence-corrected chi connectivity index (χ3v) is 6.00. The van der Waals surface area contributed by atoms with Gasteiger partial charge in [-0.15, -0.1) is 5.10 Å². The SMILES string of the molecule is CNC(=O)N1CCN(c2nn3c(NC(C)(C)C)c(-c4cccc(C)c4)nc3s2)CC1. The van der Waals surface area contributed by atoms with Gasteiger partial charge < -0.3 is 20.4 Å². The number of hydrogen-bond donors (Lipinski definition) is 2. The summed E-state index contributed by atoms with van der Waals surface area (Å²) < 4.78 is 1.92. The smallest absolute Gasteiger partial charge is 0.317 e. The number of carbonyl (C=O) groups excluding carboxylic acids is 1. The Hall–Kier alpha value is -2.81. The van der Waals surface area contributed by atoms with Crippen molar-refractivity contribution in [1.29, 1.82) is 0 Å². The average molecular weight is 428 g/mol. The van der Waals surface area contributed by atoms with Crippen molar-refractivity contribution in [1.82, 2.24) is 24.8 Å². The van der Waals surface area contributed by atoms with Crippen LogP contribution in [0.4, 0.5) is 15.7 Å². The quantitative estimate of drug-likeness (QED) is 0.670. The normalized spacial score (nSPS) is 15.0. The highest BCUT2D eigenvalue weighted by atomic mass is 32.1. The van der Waals surface area contributed by atoms with E-state index in [1.54, 1.807) is 18.4 Å². The number of imidazole rings is 1. The minimum atomic E-state index is -0.128. The maximum atomic E-state index is 11.8. The Morgan fingerprint density at radius 3 is 2.53 bits per heavy atom. The fourth-order valence-electron chi connectivity index (χ4n) is 3.59. The summed E-state index contributed by atoms with van der Waals surface area (Å²) in [6, 6.07) is 8.37. The molecule has 2 amide bonds. The van der Waals surface area contributed by atoms with Crippen LogP contribution in [0.5, 0.6) is 0 Å². The van der Waals surface area contributed by atoms with Crippen LogP contribution in [-0.2, 0) is 0 Å². The minimum absolute atomic E-state index is 0.0250. The van der Waals surface area contributed by atoms with Crippen LogP contribution in [0.3, 0.4) is 0 Å². The summed E-state index contributed by atoms with van der Waals surface area (Å²) in [5.74, 6) is 0.912. The zero-order valence-electron chi connectivity index (χ0n) is 18.2. The number of aryl methyl sites for hydroxylation is 1. The summed E-state index contributed by atoms with van der Waals surface area (Å²) in [4.78, 5) is 21.7. The molecule has 2 aromatic heterocycles. The van der Waals surface area contributed by atoms with Gasteiger partial charge in [-0.05, 0) is 33.8 Å². The molecule has 1 aliphatic rings. The molecule has 8 nitrogen and oxygen atoms in total.